The quantitative estimate of drug-likeness (QED) is 0.715. The summed E-state index contributed by atoms with van der Waals surface area (Å²) in [4.78, 5) is 4.38. The van der Waals surface area contributed by atoms with Gasteiger partial charge < -0.3 is 5.32 Å². The number of nitrogens with one attached hydrogen (secondary N) is 1. The van der Waals surface area contributed by atoms with Crippen LogP contribution in [0, 0.1) is 12.8 Å². The first-order valence-corrected chi connectivity index (χ1v) is 4.84. The van der Waals surface area contributed by atoms with Gasteiger partial charge in [0.05, 0.1) is 0 Å². The van der Waals surface area contributed by atoms with Crippen LogP contribution in [-0.4, -0.2) is 28.4 Å². The van der Waals surface area contributed by atoms with Crippen LogP contribution in [0.4, 0.5) is 0 Å². The second kappa shape index (κ2) is 3.46. The Morgan fingerprint density at radius 3 is 3.23 bits per heavy atom. The summed E-state index contributed by atoms with van der Waals surface area (Å²) in [6, 6.07) is 0. The topological polar surface area (TPSA) is 42.7 Å². The number of rotatable bonds is 2. The lowest BCUT2D eigenvalue weighted by Crippen LogP contribution is -2.28. The van der Waals surface area contributed by atoms with E-state index in [1.54, 1.807) is 0 Å². The molecule has 0 bridgehead atoms. The third-order valence-electron chi connectivity index (χ3n) is 2.55. The molecule has 1 aliphatic heterocycles. The lowest BCUT2D eigenvalue weighted by Gasteiger charge is -2.21. The van der Waals surface area contributed by atoms with Crippen LogP contribution in [0.5, 0.6) is 0 Å². The molecule has 0 saturated heterocycles. The molecule has 0 saturated carbocycles. The molecule has 72 valence electrons. The zero-order chi connectivity index (χ0) is 9.26. The van der Waals surface area contributed by atoms with Gasteiger partial charge in [0, 0.05) is 13.0 Å². The molecule has 2 rings (SSSR count). The molecule has 0 radical (unpaired) electrons. The Balaban J connectivity index is 2.10. The Labute approximate surface area is 78.4 Å². The number of hydrogen-bond donors (Lipinski definition) is 1. The van der Waals surface area contributed by atoms with Gasteiger partial charge in [-0.1, -0.05) is 0 Å². The highest BCUT2D eigenvalue weighted by atomic mass is 15.3. The van der Waals surface area contributed by atoms with Crippen molar-refractivity contribution >= 4 is 0 Å². The molecular weight excluding hydrogens is 164 g/mol. The maximum Gasteiger partial charge on any atom is 0.147 e. The van der Waals surface area contributed by atoms with E-state index in [2.05, 4.69) is 20.1 Å². The van der Waals surface area contributed by atoms with Crippen LogP contribution in [0.25, 0.3) is 0 Å². The largest absolute Gasteiger partial charge is 0.319 e. The van der Waals surface area contributed by atoms with Crippen molar-refractivity contribution in [2.24, 2.45) is 5.92 Å². The number of nitrogens with zero attached hydrogens (tertiary/aromatic N) is 3. The van der Waals surface area contributed by atoms with Crippen molar-refractivity contribution in [1.29, 1.82) is 0 Å². The highest BCUT2D eigenvalue weighted by Gasteiger charge is 2.19. The van der Waals surface area contributed by atoms with E-state index in [1.165, 1.54) is 6.42 Å². The molecule has 1 unspecified atom stereocenters. The number of aromatic nitrogens is 3. The Kier molecular flexibility index (Phi) is 2.31. The third kappa shape index (κ3) is 1.72. The van der Waals surface area contributed by atoms with Gasteiger partial charge in [0.25, 0.3) is 0 Å². The van der Waals surface area contributed by atoms with Crippen molar-refractivity contribution in [2.75, 3.05) is 13.6 Å². The Morgan fingerprint density at radius 2 is 2.46 bits per heavy atom. The van der Waals surface area contributed by atoms with Gasteiger partial charge in [-0.15, -0.1) is 0 Å². The third-order valence-corrected chi connectivity index (χ3v) is 2.55. The lowest BCUT2D eigenvalue weighted by atomic mass is 10.00. The van der Waals surface area contributed by atoms with E-state index in [1.807, 2.05) is 14.0 Å². The lowest BCUT2D eigenvalue weighted by molar-refractivity contribution is 0.335. The summed E-state index contributed by atoms with van der Waals surface area (Å²) in [6.07, 6.45) is 2.31. The summed E-state index contributed by atoms with van der Waals surface area (Å²) in [5, 5.41) is 7.57. The molecule has 13 heavy (non-hydrogen) atoms. The van der Waals surface area contributed by atoms with Gasteiger partial charge >= 0.3 is 0 Å². The molecule has 4 heteroatoms. The fourth-order valence-electron chi connectivity index (χ4n) is 1.95. The van der Waals surface area contributed by atoms with Gasteiger partial charge in [0.15, 0.2) is 0 Å². The van der Waals surface area contributed by atoms with Crippen LogP contribution >= 0.6 is 0 Å². The molecule has 1 N–H and O–H groups in total. The van der Waals surface area contributed by atoms with E-state index >= 15 is 0 Å². The average Bonchev–Trinajstić information content (AvgIpc) is 2.44. The van der Waals surface area contributed by atoms with Crippen LogP contribution in [-0.2, 0) is 13.0 Å². The normalized spacial score (nSPS) is 21.5. The molecular formula is C9H16N4. The minimum absolute atomic E-state index is 0.721. The Bertz CT molecular complexity index is 292. The summed E-state index contributed by atoms with van der Waals surface area (Å²) in [5.74, 6) is 2.78. The van der Waals surface area contributed by atoms with E-state index < -0.39 is 0 Å². The maximum atomic E-state index is 4.38. The number of hydrogen-bond acceptors (Lipinski definition) is 3. The van der Waals surface area contributed by atoms with Gasteiger partial charge in [0.2, 0.25) is 0 Å². The first-order chi connectivity index (χ1) is 6.29. The van der Waals surface area contributed by atoms with Gasteiger partial charge in [-0.05, 0) is 32.9 Å². The predicted molar refractivity (Wildman–Crippen MR) is 50.5 cm³/mol. The van der Waals surface area contributed by atoms with Crippen molar-refractivity contribution in [3.63, 3.8) is 0 Å². The zero-order valence-electron chi connectivity index (χ0n) is 8.25. The molecule has 0 amide bonds. The Morgan fingerprint density at radius 1 is 1.62 bits per heavy atom. The summed E-state index contributed by atoms with van der Waals surface area (Å²) >= 11 is 0. The fraction of sp³-hybridized carbons (Fsp3) is 0.778. The first kappa shape index (κ1) is 8.69. The monoisotopic (exact) mass is 180 g/mol. The highest BCUT2D eigenvalue weighted by Crippen LogP contribution is 2.17. The summed E-state index contributed by atoms with van der Waals surface area (Å²) in [5.41, 5.74) is 0. The van der Waals surface area contributed by atoms with Gasteiger partial charge in [-0.25, -0.2) is 9.67 Å². The predicted octanol–water partition coefficient (Wildman–Crippen LogP) is 0.368. The van der Waals surface area contributed by atoms with Gasteiger partial charge in [-0.2, -0.15) is 5.10 Å². The summed E-state index contributed by atoms with van der Waals surface area (Å²) in [6.45, 7) is 4.06. The molecule has 1 atom stereocenters. The van der Waals surface area contributed by atoms with E-state index in [0.29, 0.717) is 0 Å². The smallest absolute Gasteiger partial charge is 0.147 e. The Hall–Kier alpha value is -0.900. The second-order valence-electron chi connectivity index (χ2n) is 3.72. The van der Waals surface area contributed by atoms with Crippen molar-refractivity contribution < 1.29 is 0 Å². The van der Waals surface area contributed by atoms with E-state index in [9.17, 15) is 0 Å². The van der Waals surface area contributed by atoms with E-state index in [-0.39, 0.29) is 0 Å². The molecule has 0 aliphatic carbocycles. The SMILES string of the molecule is CNCC1CCc2nc(C)nn2C1. The average molecular weight is 180 g/mol. The number of aryl methyl sites for hydroxylation is 2. The summed E-state index contributed by atoms with van der Waals surface area (Å²) < 4.78 is 2.06. The van der Waals surface area contributed by atoms with Gasteiger partial charge in [-0.3, -0.25) is 0 Å². The highest BCUT2D eigenvalue weighted by molar-refractivity contribution is 4.95. The van der Waals surface area contributed by atoms with Crippen molar-refractivity contribution in [3.8, 4) is 0 Å². The number of fused-ring (bicyclic) bond motifs is 1. The van der Waals surface area contributed by atoms with Crippen LogP contribution in [0.15, 0.2) is 0 Å². The molecule has 2 heterocycles. The first-order valence-electron chi connectivity index (χ1n) is 4.84. The molecule has 0 aromatic carbocycles. The van der Waals surface area contributed by atoms with E-state index in [0.717, 1.165) is 37.1 Å². The minimum atomic E-state index is 0.721. The molecule has 4 nitrogen and oxygen atoms in total. The molecule has 0 spiro atoms. The molecule has 1 aliphatic rings. The van der Waals surface area contributed by atoms with Crippen LogP contribution in [0.3, 0.4) is 0 Å². The summed E-state index contributed by atoms with van der Waals surface area (Å²) in [7, 11) is 2.00. The van der Waals surface area contributed by atoms with Crippen molar-refractivity contribution in [2.45, 2.75) is 26.3 Å². The van der Waals surface area contributed by atoms with Crippen LogP contribution in [0.2, 0.25) is 0 Å². The second-order valence-corrected chi connectivity index (χ2v) is 3.72. The maximum absolute atomic E-state index is 4.38. The van der Waals surface area contributed by atoms with E-state index in [4.69, 9.17) is 0 Å². The standard InChI is InChI=1S/C9H16N4/c1-7-11-9-4-3-8(5-10-2)6-13(9)12-7/h8,10H,3-6H2,1-2H3. The van der Waals surface area contributed by atoms with Crippen molar-refractivity contribution in [1.82, 2.24) is 20.1 Å². The van der Waals surface area contributed by atoms with Crippen molar-refractivity contribution in [3.05, 3.63) is 11.6 Å². The van der Waals surface area contributed by atoms with Crippen LogP contribution in [0.1, 0.15) is 18.1 Å². The minimum Gasteiger partial charge on any atom is -0.319 e. The molecule has 1 aromatic heterocycles. The fourth-order valence-corrected chi connectivity index (χ4v) is 1.95. The molecule has 0 fully saturated rings. The van der Waals surface area contributed by atoms with Crippen LogP contribution < -0.4 is 5.32 Å². The molecule has 1 aromatic rings. The zero-order valence-corrected chi connectivity index (χ0v) is 8.25. The van der Waals surface area contributed by atoms with Gasteiger partial charge in [0.1, 0.15) is 11.6 Å².